The Hall–Kier alpha value is -3.20. The first-order valence-corrected chi connectivity index (χ1v) is 8.55. The van der Waals surface area contributed by atoms with Gasteiger partial charge in [-0.15, -0.1) is 13.2 Å². The molecule has 0 aliphatic carbocycles. The lowest BCUT2D eigenvalue weighted by Gasteiger charge is -2.27. The monoisotopic (exact) mass is 343 g/mol. The van der Waals surface area contributed by atoms with Crippen LogP contribution >= 0.6 is 0 Å². The molecule has 0 bridgehead atoms. The van der Waals surface area contributed by atoms with E-state index in [0.29, 0.717) is 18.4 Å². The fraction of sp³-hybridized carbons (Fsp3) is 0.130. The van der Waals surface area contributed by atoms with Crippen molar-refractivity contribution >= 4 is 33.7 Å². The van der Waals surface area contributed by atoms with Crippen LogP contribution in [0.25, 0.3) is 21.5 Å². The third-order valence-electron chi connectivity index (χ3n) is 4.60. The summed E-state index contributed by atoms with van der Waals surface area (Å²) in [5.41, 5.74) is -0.448. The van der Waals surface area contributed by atoms with Crippen molar-refractivity contribution in [1.29, 1.82) is 0 Å². The van der Waals surface area contributed by atoms with Crippen molar-refractivity contribution < 1.29 is 9.59 Å². The fourth-order valence-corrected chi connectivity index (χ4v) is 3.37. The summed E-state index contributed by atoms with van der Waals surface area (Å²) in [6.45, 7) is 7.42. The van der Waals surface area contributed by atoms with E-state index in [0.717, 1.165) is 27.8 Å². The van der Waals surface area contributed by atoms with Gasteiger partial charge in [-0.3, -0.25) is 4.79 Å². The Morgan fingerprint density at radius 3 is 1.88 bits per heavy atom. The lowest BCUT2D eigenvalue weighted by Crippen LogP contribution is -2.49. The minimum absolute atomic E-state index is 0.270. The lowest BCUT2D eigenvalue weighted by atomic mass is 9.90. The summed E-state index contributed by atoms with van der Waals surface area (Å²) in [6, 6.07) is 17.6. The maximum Gasteiger partial charge on any atom is 0.253 e. The average molecular weight is 343 g/mol. The van der Waals surface area contributed by atoms with Gasteiger partial charge in [0.05, 0.1) is 5.56 Å². The van der Waals surface area contributed by atoms with E-state index < -0.39 is 5.54 Å². The molecule has 0 aliphatic heterocycles. The second-order valence-electron chi connectivity index (χ2n) is 6.41. The van der Waals surface area contributed by atoms with E-state index in [1.807, 2.05) is 48.5 Å². The zero-order valence-electron chi connectivity index (χ0n) is 14.6. The second-order valence-corrected chi connectivity index (χ2v) is 6.41. The van der Waals surface area contributed by atoms with Crippen molar-refractivity contribution in [1.82, 2.24) is 5.32 Å². The van der Waals surface area contributed by atoms with Crippen LogP contribution in [0.1, 0.15) is 23.2 Å². The number of hydrogen-bond donors (Lipinski definition) is 1. The number of hydrogen-bond acceptors (Lipinski definition) is 2. The van der Waals surface area contributed by atoms with E-state index >= 15 is 0 Å². The number of benzene rings is 3. The van der Waals surface area contributed by atoms with Crippen LogP contribution < -0.4 is 5.32 Å². The van der Waals surface area contributed by atoms with Crippen LogP contribution in [-0.4, -0.2) is 17.7 Å². The molecule has 3 aromatic carbocycles. The zero-order valence-corrected chi connectivity index (χ0v) is 14.6. The van der Waals surface area contributed by atoms with E-state index in [1.165, 1.54) is 0 Å². The first-order chi connectivity index (χ1) is 12.6. The molecule has 0 heterocycles. The SMILES string of the molecule is C=CCC(C=O)(CC=C)NC(=O)c1c2ccccc2cc2ccccc12. The topological polar surface area (TPSA) is 46.2 Å². The highest BCUT2D eigenvalue weighted by Gasteiger charge is 2.30. The summed E-state index contributed by atoms with van der Waals surface area (Å²) in [4.78, 5) is 25.0. The van der Waals surface area contributed by atoms with Gasteiger partial charge in [-0.2, -0.15) is 0 Å². The van der Waals surface area contributed by atoms with Crippen LogP contribution in [0.3, 0.4) is 0 Å². The molecule has 130 valence electrons. The predicted octanol–water partition coefficient (Wildman–Crippen LogP) is 4.81. The van der Waals surface area contributed by atoms with Crippen LogP contribution in [0.2, 0.25) is 0 Å². The summed E-state index contributed by atoms with van der Waals surface area (Å²) >= 11 is 0. The number of nitrogens with one attached hydrogen (secondary N) is 1. The van der Waals surface area contributed by atoms with E-state index in [4.69, 9.17) is 0 Å². The summed E-state index contributed by atoms with van der Waals surface area (Å²) in [5, 5.41) is 6.63. The van der Waals surface area contributed by atoms with E-state index in [1.54, 1.807) is 12.2 Å². The van der Waals surface area contributed by atoms with Crippen molar-refractivity contribution in [3.05, 3.63) is 85.5 Å². The maximum atomic E-state index is 13.3. The number of fused-ring (bicyclic) bond motifs is 2. The first kappa shape index (κ1) is 17.6. The van der Waals surface area contributed by atoms with Gasteiger partial charge in [-0.05, 0) is 40.5 Å². The summed E-state index contributed by atoms with van der Waals surface area (Å²) in [5.74, 6) is -0.270. The number of rotatable bonds is 7. The first-order valence-electron chi connectivity index (χ1n) is 8.55. The fourth-order valence-electron chi connectivity index (χ4n) is 3.37. The van der Waals surface area contributed by atoms with E-state index in [9.17, 15) is 9.59 Å². The highest BCUT2D eigenvalue weighted by molar-refractivity contribution is 6.18. The summed E-state index contributed by atoms with van der Waals surface area (Å²) in [7, 11) is 0. The van der Waals surface area contributed by atoms with Gasteiger partial charge in [0.1, 0.15) is 11.8 Å². The lowest BCUT2D eigenvalue weighted by molar-refractivity contribution is -0.113. The predicted molar refractivity (Wildman–Crippen MR) is 107 cm³/mol. The molecule has 26 heavy (non-hydrogen) atoms. The van der Waals surface area contributed by atoms with Gasteiger partial charge in [0.15, 0.2) is 0 Å². The van der Waals surface area contributed by atoms with E-state index in [-0.39, 0.29) is 5.91 Å². The van der Waals surface area contributed by atoms with Crippen LogP contribution in [0.5, 0.6) is 0 Å². The third-order valence-corrected chi connectivity index (χ3v) is 4.60. The van der Waals surface area contributed by atoms with Crippen molar-refractivity contribution in [2.24, 2.45) is 0 Å². The molecule has 0 saturated heterocycles. The third kappa shape index (κ3) is 3.16. The molecule has 0 aromatic heterocycles. The Morgan fingerprint density at radius 1 is 0.923 bits per heavy atom. The molecule has 0 saturated carbocycles. The van der Waals surface area contributed by atoms with Gasteiger partial charge in [0, 0.05) is 0 Å². The standard InChI is InChI=1S/C23H21NO2/c1-3-13-23(16-25,14-4-2)24-22(26)21-19-11-7-5-9-17(19)15-18-10-6-8-12-20(18)21/h3-12,15-16H,1-2,13-14H2,(H,24,26). The van der Waals surface area contributed by atoms with E-state index in [2.05, 4.69) is 24.5 Å². The molecular formula is C23H21NO2. The van der Waals surface area contributed by atoms with Crippen molar-refractivity contribution in [3.63, 3.8) is 0 Å². The summed E-state index contributed by atoms with van der Waals surface area (Å²) in [6.07, 6.45) is 4.74. The molecule has 3 aromatic rings. The van der Waals surface area contributed by atoms with Crippen molar-refractivity contribution in [2.45, 2.75) is 18.4 Å². The second kappa shape index (κ2) is 7.36. The van der Waals surface area contributed by atoms with Gasteiger partial charge in [-0.25, -0.2) is 0 Å². The summed E-state index contributed by atoms with van der Waals surface area (Å²) < 4.78 is 0. The van der Waals surface area contributed by atoms with Crippen molar-refractivity contribution in [3.8, 4) is 0 Å². The molecule has 3 rings (SSSR count). The zero-order chi connectivity index (χ0) is 18.6. The number of amides is 1. The molecule has 0 atom stereocenters. The van der Waals surface area contributed by atoms with Gasteiger partial charge in [0.25, 0.3) is 5.91 Å². The Labute approximate surface area is 153 Å². The molecule has 3 nitrogen and oxygen atoms in total. The Balaban J connectivity index is 2.18. The van der Waals surface area contributed by atoms with Gasteiger partial charge in [-0.1, -0.05) is 60.7 Å². The Bertz CT molecular complexity index is 939. The smallest absolute Gasteiger partial charge is 0.253 e. The molecule has 0 aliphatic rings. The maximum absolute atomic E-state index is 13.3. The van der Waals surface area contributed by atoms with Crippen LogP contribution in [0.15, 0.2) is 79.9 Å². The molecule has 1 amide bonds. The average Bonchev–Trinajstić information content (AvgIpc) is 2.66. The minimum atomic E-state index is -1.03. The van der Waals surface area contributed by atoms with Crippen LogP contribution in [0, 0.1) is 0 Å². The number of aldehydes is 1. The Morgan fingerprint density at radius 2 is 1.42 bits per heavy atom. The molecule has 3 heteroatoms. The quantitative estimate of drug-likeness (QED) is 0.380. The minimum Gasteiger partial charge on any atom is -0.339 e. The molecule has 0 spiro atoms. The molecule has 0 fully saturated rings. The van der Waals surface area contributed by atoms with Crippen LogP contribution in [-0.2, 0) is 4.79 Å². The highest BCUT2D eigenvalue weighted by Crippen LogP contribution is 2.29. The van der Waals surface area contributed by atoms with Crippen LogP contribution in [0.4, 0.5) is 0 Å². The van der Waals surface area contributed by atoms with Gasteiger partial charge >= 0.3 is 0 Å². The van der Waals surface area contributed by atoms with Gasteiger partial charge in [0.2, 0.25) is 0 Å². The molecule has 0 radical (unpaired) electrons. The number of carbonyl (C=O) groups is 2. The molecule has 0 unspecified atom stereocenters. The Kier molecular flexibility index (Phi) is 4.99. The number of carbonyl (C=O) groups excluding carboxylic acids is 2. The van der Waals surface area contributed by atoms with Crippen molar-refractivity contribution in [2.75, 3.05) is 0 Å². The van der Waals surface area contributed by atoms with Gasteiger partial charge < -0.3 is 10.1 Å². The molecular weight excluding hydrogens is 322 g/mol. The molecule has 1 N–H and O–H groups in total. The largest absolute Gasteiger partial charge is 0.339 e. The highest BCUT2D eigenvalue weighted by atomic mass is 16.2. The normalized spacial score (nSPS) is 11.2.